The van der Waals surface area contributed by atoms with Gasteiger partial charge in [0.1, 0.15) is 0 Å². The molecule has 0 aromatic rings. The van der Waals surface area contributed by atoms with E-state index in [1.807, 2.05) is 0 Å². The molecule has 0 aromatic heterocycles. The monoisotopic (exact) mass is 224 g/mol. The first-order valence-corrected chi connectivity index (χ1v) is 8.33. The molecule has 0 heterocycles. The molecule has 4 heavy (non-hydrogen) atoms. The van der Waals surface area contributed by atoms with Crippen molar-refractivity contribution < 1.29 is 15.1 Å². The third kappa shape index (κ3) is 8.82. The second kappa shape index (κ2) is 9.19. The summed E-state index contributed by atoms with van der Waals surface area (Å²) in [5.74, 6) is 0. The summed E-state index contributed by atoms with van der Waals surface area (Å²) in [7, 11) is 9.90. The molecule has 0 spiro atoms. The van der Waals surface area contributed by atoms with Crippen LogP contribution in [-0.2, 0) is 15.1 Å². The molecule has 0 aliphatic rings. The average molecular weight is 226 g/mol. The summed E-state index contributed by atoms with van der Waals surface area (Å²) in [6.45, 7) is 0. The maximum atomic E-state index is 4.95. The van der Waals surface area contributed by atoms with Crippen LogP contribution >= 0.6 is 19.4 Å². The van der Waals surface area contributed by atoms with Gasteiger partial charge in [-0.3, -0.25) is 0 Å². The number of hydrogen-bond donors (Lipinski definition) is 0. The van der Waals surface area contributed by atoms with Gasteiger partial charge in [0.25, 0.3) is 0 Å². The second-order valence-corrected chi connectivity index (χ2v) is 4.72. The molecule has 0 nitrogen and oxygen atoms in total. The molecule has 0 atom stereocenters. The summed E-state index contributed by atoms with van der Waals surface area (Å²) >= 11 is -0.931. The molecule has 20 valence electrons. The van der Waals surface area contributed by atoms with E-state index in [-0.39, 0.29) is 45.5 Å². The molecule has 0 radical (unpaired) electrons. The number of halogens is 2. The van der Waals surface area contributed by atoms with Gasteiger partial charge in [-0.15, -0.1) is 0 Å². The number of rotatable bonds is 0. The van der Waals surface area contributed by atoms with Gasteiger partial charge in [0.15, 0.2) is 0 Å². The first kappa shape index (κ1) is 9.84. The van der Waals surface area contributed by atoms with E-state index in [0.717, 1.165) is 0 Å². The van der Waals surface area contributed by atoms with Crippen LogP contribution in [-0.4, -0.2) is 45.5 Å². The molecule has 0 aliphatic heterocycles. The molecule has 0 saturated carbocycles. The van der Waals surface area contributed by atoms with Crippen molar-refractivity contribution in [2.24, 2.45) is 0 Å². The van der Waals surface area contributed by atoms with Gasteiger partial charge in [0.05, 0.1) is 0 Å². The predicted molar refractivity (Wildman–Crippen MR) is 20.2 cm³/mol. The van der Waals surface area contributed by atoms with Crippen molar-refractivity contribution in [1.82, 2.24) is 0 Å². The molecular weight excluding hydrogens is 224 g/mol. The van der Waals surface area contributed by atoms with E-state index in [2.05, 4.69) is 0 Å². The van der Waals surface area contributed by atoms with Crippen LogP contribution in [0.15, 0.2) is 0 Å². The van der Waals surface area contributed by atoms with Crippen molar-refractivity contribution in [3.05, 3.63) is 0 Å². The van der Waals surface area contributed by atoms with Crippen LogP contribution in [0.3, 0.4) is 0 Å². The minimum absolute atomic E-state index is 0. The van der Waals surface area contributed by atoms with Crippen LogP contribution in [0, 0.1) is 0 Å². The van der Waals surface area contributed by atoms with Crippen molar-refractivity contribution in [3.8, 4) is 0 Å². The summed E-state index contributed by atoms with van der Waals surface area (Å²) in [6, 6.07) is 0. The van der Waals surface area contributed by atoms with Gasteiger partial charge in [0, 0.05) is 0 Å². The molecule has 0 aromatic carbocycles. The normalized spacial score (nSPS) is 2.50. The Balaban J connectivity index is 0. The molecule has 0 rings (SSSR count). The minimum atomic E-state index is -0.931. The van der Waals surface area contributed by atoms with Gasteiger partial charge in [0.2, 0.25) is 0 Å². The third-order valence-corrected chi connectivity index (χ3v) is 0. The fourth-order valence-electron chi connectivity index (χ4n) is 0. The van der Waals surface area contributed by atoms with E-state index in [1.54, 1.807) is 0 Å². The van der Waals surface area contributed by atoms with Crippen molar-refractivity contribution in [1.29, 1.82) is 0 Å². The van der Waals surface area contributed by atoms with Gasteiger partial charge in [-0.1, -0.05) is 0 Å². The zero-order valence-corrected chi connectivity index (χ0v) is 5.94. The Kier molecular flexibility index (Phi) is 22.6. The quantitative estimate of drug-likeness (QED) is 0.526. The van der Waals surface area contributed by atoms with Crippen LogP contribution in [0.2, 0.25) is 0 Å². The zero-order valence-electron chi connectivity index (χ0n) is 1.46. The Hall–Kier alpha value is 2.68. The van der Waals surface area contributed by atoms with Crippen LogP contribution in [0.25, 0.3) is 0 Å². The summed E-state index contributed by atoms with van der Waals surface area (Å²) in [5.41, 5.74) is 0. The Morgan fingerprint density at radius 1 is 1.25 bits per heavy atom. The van der Waals surface area contributed by atoms with Crippen LogP contribution in [0.4, 0.5) is 0 Å². The van der Waals surface area contributed by atoms with Gasteiger partial charge in [-0.05, 0) is 0 Å². The molecular formula is H2Cl2SrZn. The Labute approximate surface area is 78.2 Å². The molecule has 0 unspecified atom stereocenters. The van der Waals surface area contributed by atoms with Gasteiger partial charge in [-0.25, -0.2) is 0 Å². The number of hydrogen-bond acceptors (Lipinski definition) is 0. The molecule has 0 N–H and O–H groups in total. The van der Waals surface area contributed by atoms with Gasteiger partial charge in [-0.2, -0.15) is 0 Å². The SMILES string of the molecule is [Cl][Zn][Cl].[SrH2]. The molecule has 4 heteroatoms. The second-order valence-electron chi connectivity index (χ2n) is 0.101. The Morgan fingerprint density at radius 2 is 1.25 bits per heavy atom. The van der Waals surface area contributed by atoms with Crippen molar-refractivity contribution >= 4 is 64.9 Å². The fraction of sp³-hybridized carbons (Fsp3) is 0. The van der Waals surface area contributed by atoms with Crippen molar-refractivity contribution in [2.45, 2.75) is 0 Å². The summed E-state index contributed by atoms with van der Waals surface area (Å²) < 4.78 is 0. The zero-order chi connectivity index (χ0) is 2.71. The maximum absolute atomic E-state index is 4.95. The van der Waals surface area contributed by atoms with E-state index in [1.165, 1.54) is 0 Å². The topological polar surface area (TPSA) is 0 Å². The van der Waals surface area contributed by atoms with Gasteiger partial charge >= 0.3 is 80.0 Å². The summed E-state index contributed by atoms with van der Waals surface area (Å²) in [6.07, 6.45) is 0. The molecule has 0 aliphatic carbocycles. The van der Waals surface area contributed by atoms with Crippen LogP contribution in [0.1, 0.15) is 0 Å². The molecule has 0 fully saturated rings. The third-order valence-electron chi connectivity index (χ3n) is 0. The average Bonchev–Trinajstić information content (AvgIpc) is 0.918. The fourth-order valence-corrected chi connectivity index (χ4v) is 0. The first-order chi connectivity index (χ1) is 1.41. The van der Waals surface area contributed by atoms with E-state index in [9.17, 15) is 0 Å². The van der Waals surface area contributed by atoms with E-state index >= 15 is 0 Å². The predicted octanol–water partition coefficient (Wildman–Crippen LogP) is 0.460. The van der Waals surface area contributed by atoms with Crippen LogP contribution in [0.5, 0.6) is 0 Å². The summed E-state index contributed by atoms with van der Waals surface area (Å²) in [5, 5.41) is 0. The van der Waals surface area contributed by atoms with E-state index in [0.29, 0.717) is 0 Å². The molecule has 0 saturated heterocycles. The Morgan fingerprint density at radius 3 is 1.25 bits per heavy atom. The molecule has 0 bridgehead atoms. The standard InChI is InChI=1S/2ClH.Sr.Zn.2H/h2*1H;;;;/q;;;+2;;/p-2. The Bertz CT molecular complexity index is 6.00. The molecule has 0 amide bonds. The van der Waals surface area contributed by atoms with Crippen molar-refractivity contribution in [2.75, 3.05) is 0 Å². The van der Waals surface area contributed by atoms with E-state index < -0.39 is 15.1 Å². The summed E-state index contributed by atoms with van der Waals surface area (Å²) in [4.78, 5) is 0. The van der Waals surface area contributed by atoms with Crippen LogP contribution < -0.4 is 0 Å². The van der Waals surface area contributed by atoms with Gasteiger partial charge < -0.3 is 0 Å². The van der Waals surface area contributed by atoms with E-state index in [4.69, 9.17) is 19.4 Å². The van der Waals surface area contributed by atoms with Crippen molar-refractivity contribution in [3.63, 3.8) is 0 Å². The first-order valence-electron chi connectivity index (χ1n) is 0.535.